The van der Waals surface area contributed by atoms with Gasteiger partial charge in [-0.3, -0.25) is 4.79 Å². The first-order chi connectivity index (χ1) is 9.38. The third-order valence-electron chi connectivity index (χ3n) is 2.95. The Morgan fingerprint density at radius 1 is 1.20 bits per heavy atom. The van der Waals surface area contributed by atoms with Gasteiger partial charge in [-0.05, 0) is 66.0 Å². The molecule has 0 aliphatic heterocycles. The van der Waals surface area contributed by atoms with Gasteiger partial charge in [-0.15, -0.1) is 0 Å². The molecule has 20 heavy (non-hydrogen) atoms. The molecule has 104 valence electrons. The smallest absolute Gasteiger partial charge is 0.248 e. The van der Waals surface area contributed by atoms with Gasteiger partial charge in [0.2, 0.25) is 11.8 Å². The van der Waals surface area contributed by atoms with Gasteiger partial charge in [0.1, 0.15) is 5.75 Å². The van der Waals surface area contributed by atoms with E-state index in [2.05, 4.69) is 20.9 Å². The Bertz CT molecular complexity index is 661. The zero-order valence-electron chi connectivity index (χ0n) is 11.5. The van der Waals surface area contributed by atoms with E-state index in [-0.39, 0.29) is 0 Å². The van der Waals surface area contributed by atoms with Gasteiger partial charge in [0.15, 0.2) is 0 Å². The number of benzene rings is 1. The molecule has 4 nitrogen and oxygen atoms in total. The van der Waals surface area contributed by atoms with Gasteiger partial charge in [-0.2, -0.15) is 0 Å². The fourth-order valence-electron chi connectivity index (χ4n) is 1.94. The summed E-state index contributed by atoms with van der Waals surface area (Å²) in [5.41, 5.74) is 8.32. The summed E-state index contributed by atoms with van der Waals surface area (Å²) in [7, 11) is 0. The summed E-state index contributed by atoms with van der Waals surface area (Å²) in [5.74, 6) is 0.772. The van der Waals surface area contributed by atoms with Crippen LogP contribution in [-0.2, 0) is 0 Å². The molecule has 0 atom stereocenters. The lowest BCUT2D eigenvalue weighted by atomic mass is 10.1. The summed E-state index contributed by atoms with van der Waals surface area (Å²) in [4.78, 5) is 15.6. The van der Waals surface area contributed by atoms with Gasteiger partial charge in [0, 0.05) is 16.1 Å². The van der Waals surface area contributed by atoms with Crippen molar-refractivity contribution in [1.29, 1.82) is 0 Å². The zero-order chi connectivity index (χ0) is 14.9. The quantitative estimate of drug-likeness (QED) is 0.931. The summed E-state index contributed by atoms with van der Waals surface area (Å²) < 4.78 is 6.76. The van der Waals surface area contributed by atoms with Crippen LogP contribution in [0.3, 0.4) is 0 Å². The summed E-state index contributed by atoms with van der Waals surface area (Å²) in [6, 6.07) is 7.12. The fourth-order valence-corrected chi connectivity index (χ4v) is 2.16. The van der Waals surface area contributed by atoms with E-state index in [0.717, 1.165) is 21.3 Å². The van der Waals surface area contributed by atoms with Crippen LogP contribution >= 0.6 is 15.9 Å². The van der Waals surface area contributed by atoms with Crippen molar-refractivity contribution in [2.75, 3.05) is 0 Å². The Balaban J connectivity index is 2.38. The summed E-state index contributed by atoms with van der Waals surface area (Å²) in [6.45, 7) is 5.65. The maximum Gasteiger partial charge on any atom is 0.248 e. The largest absolute Gasteiger partial charge is 0.438 e. The average Bonchev–Trinajstić information content (AvgIpc) is 2.37. The lowest BCUT2D eigenvalue weighted by Gasteiger charge is -2.13. The zero-order valence-corrected chi connectivity index (χ0v) is 13.1. The minimum atomic E-state index is -0.444. The van der Waals surface area contributed by atoms with Crippen LogP contribution in [0.5, 0.6) is 11.6 Å². The molecule has 0 aliphatic rings. The van der Waals surface area contributed by atoms with E-state index in [1.807, 2.05) is 26.8 Å². The number of nitrogens with zero attached hydrogens (tertiary/aromatic N) is 1. The third kappa shape index (κ3) is 2.99. The van der Waals surface area contributed by atoms with E-state index in [1.165, 1.54) is 0 Å². The van der Waals surface area contributed by atoms with Crippen molar-refractivity contribution >= 4 is 21.8 Å². The first-order valence-corrected chi connectivity index (χ1v) is 6.90. The molecule has 0 spiro atoms. The second kappa shape index (κ2) is 5.63. The van der Waals surface area contributed by atoms with E-state index in [4.69, 9.17) is 10.5 Å². The molecule has 0 aliphatic carbocycles. The number of ether oxygens (including phenoxy) is 1. The minimum Gasteiger partial charge on any atom is -0.438 e. The topological polar surface area (TPSA) is 65.2 Å². The lowest BCUT2D eigenvalue weighted by Crippen LogP contribution is -2.11. The number of aryl methyl sites for hydroxylation is 3. The summed E-state index contributed by atoms with van der Waals surface area (Å²) in [5, 5.41) is 0. The number of halogens is 1. The van der Waals surface area contributed by atoms with Gasteiger partial charge < -0.3 is 10.5 Å². The van der Waals surface area contributed by atoms with Gasteiger partial charge >= 0.3 is 0 Å². The van der Waals surface area contributed by atoms with Crippen LogP contribution in [0.25, 0.3) is 0 Å². The molecule has 2 aromatic rings. The fraction of sp³-hybridized carbons (Fsp3) is 0.200. The number of rotatable bonds is 3. The Hall–Kier alpha value is -1.88. The Labute approximate surface area is 126 Å². The number of carbonyl (C=O) groups is 1. The molecular formula is C15H15BrN2O2. The number of nitrogens with two attached hydrogens (primary N) is 1. The number of hydrogen-bond donors (Lipinski definition) is 1. The van der Waals surface area contributed by atoms with Crippen LogP contribution in [0, 0.1) is 20.8 Å². The van der Waals surface area contributed by atoms with E-state index < -0.39 is 5.91 Å². The standard InChI is InChI=1S/C15H15BrN2O2/c1-8-6-11(15(17)19)7-9(2)14(8)20-13-5-4-12(16)10(3)18-13/h4-7H,1-3H3,(H2,17,19). The van der Waals surface area contributed by atoms with Crippen molar-refractivity contribution in [3.05, 3.63) is 51.1 Å². The van der Waals surface area contributed by atoms with Crippen LogP contribution in [0.15, 0.2) is 28.7 Å². The lowest BCUT2D eigenvalue weighted by molar-refractivity contribution is 0.1000. The molecule has 1 heterocycles. The van der Waals surface area contributed by atoms with Crippen molar-refractivity contribution in [1.82, 2.24) is 4.98 Å². The van der Waals surface area contributed by atoms with Crippen LogP contribution in [-0.4, -0.2) is 10.9 Å². The van der Waals surface area contributed by atoms with Crippen molar-refractivity contribution in [3.8, 4) is 11.6 Å². The number of primary amides is 1. The predicted octanol–water partition coefficient (Wildman–Crippen LogP) is 3.66. The molecule has 0 radical (unpaired) electrons. The Morgan fingerprint density at radius 2 is 1.80 bits per heavy atom. The molecule has 0 bridgehead atoms. The van der Waals surface area contributed by atoms with Crippen molar-refractivity contribution < 1.29 is 9.53 Å². The maximum absolute atomic E-state index is 11.2. The van der Waals surface area contributed by atoms with Gasteiger partial charge in [0.25, 0.3) is 0 Å². The summed E-state index contributed by atoms with van der Waals surface area (Å²) >= 11 is 3.40. The number of pyridine rings is 1. The SMILES string of the molecule is Cc1cc(C(N)=O)cc(C)c1Oc1ccc(Br)c(C)n1. The average molecular weight is 335 g/mol. The van der Waals surface area contributed by atoms with E-state index in [9.17, 15) is 4.79 Å². The van der Waals surface area contributed by atoms with E-state index in [0.29, 0.717) is 17.2 Å². The van der Waals surface area contributed by atoms with E-state index in [1.54, 1.807) is 18.2 Å². The highest BCUT2D eigenvalue weighted by atomic mass is 79.9. The monoisotopic (exact) mass is 334 g/mol. The highest BCUT2D eigenvalue weighted by Crippen LogP contribution is 2.30. The first kappa shape index (κ1) is 14.5. The first-order valence-electron chi connectivity index (χ1n) is 6.10. The summed E-state index contributed by atoms with van der Waals surface area (Å²) in [6.07, 6.45) is 0. The molecule has 0 saturated carbocycles. The van der Waals surface area contributed by atoms with Gasteiger partial charge in [0.05, 0.1) is 5.69 Å². The highest BCUT2D eigenvalue weighted by Gasteiger charge is 2.11. The predicted molar refractivity (Wildman–Crippen MR) is 81.2 cm³/mol. The second-order valence-corrected chi connectivity index (χ2v) is 5.48. The number of carbonyl (C=O) groups excluding carboxylic acids is 1. The minimum absolute atomic E-state index is 0.444. The van der Waals surface area contributed by atoms with Crippen molar-refractivity contribution in [3.63, 3.8) is 0 Å². The molecule has 2 N–H and O–H groups in total. The van der Waals surface area contributed by atoms with Gasteiger partial charge in [-0.1, -0.05) is 0 Å². The molecule has 1 amide bonds. The van der Waals surface area contributed by atoms with Crippen LogP contribution < -0.4 is 10.5 Å². The maximum atomic E-state index is 11.2. The second-order valence-electron chi connectivity index (χ2n) is 4.62. The molecule has 0 saturated heterocycles. The molecule has 2 rings (SSSR count). The Kier molecular flexibility index (Phi) is 4.09. The molecular weight excluding hydrogens is 320 g/mol. The normalized spacial score (nSPS) is 10.4. The molecule has 0 fully saturated rings. The number of amides is 1. The van der Waals surface area contributed by atoms with Gasteiger partial charge in [-0.25, -0.2) is 4.98 Å². The van der Waals surface area contributed by atoms with E-state index >= 15 is 0 Å². The molecule has 1 aromatic heterocycles. The Morgan fingerprint density at radius 3 is 2.30 bits per heavy atom. The molecule has 5 heteroatoms. The number of hydrogen-bond acceptors (Lipinski definition) is 3. The van der Waals surface area contributed by atoms with Crippen molar-refractivity contribution in [2.24, 2.45) is 5.73 Å². The van der Waals surface area contributed by atoms with Crippen molar-refractivity contribution in [2.45, 2.75) is 20.8 Å². The molecule has 0 unspecified atom stereocenters. The molecule has 1 aromatic carbocycles. The van der Waals surface area contributed by atoms with Crippen LogP contribution in [0.2, 0.25) is 0 Å². The highest BCUT2D eigenvalue weighted by molar-refractivity contribution is 9.10. The number of aromatic nitrogens is 1. The van der Waals surface area contributed by atoms with Crippen LogP contribution in [0.1, 0.15) is 27.2 Å². The third-order valence-corrected chi connectivity index (χ3v) is 3.79. The van der Waals surface area contributed by atoms with Crippen LogP contribution in [0.4, 0.5) is 0 Å².